The van der Waals surface area contributed by atoms with Gasteiger partial charge in [0.2, 0.25) is 0 Å². The van der Waals surface area contributed by atoms with E-state index in [9.17, 15) is 0 Å². The Morgan fingerprint density at radius 1 is 1.59 bits per heavy atom. The average molecular weight is 237 g/mol. The molecule has 3 unspecified atom stereocenters. The Kier molecular flexibility index (Phi) is 5.34. The van der Waals surface area contributed by atoms with Crippen molar-refractivity contribution in [2.24, 2.45) is 27.8 Å². The maximum Gasteiger partial charge on any atom is 0.0370 e. The molecule has 0 aromatic carbocycles. The van der Waals surface area contributed by atoms with Crippen molar-refractivity contribution in [3.63, 3.8) is 0 Å². The lowest BCUT2D eigenvalue weighted by Crippen LogP contribution is -2.39. The van der Waals surface area contributed by atoms with Crippen LogP contribution >= 0.6 is 0 Å². The summed E-state index contributed by atoms with van der Waals surface area (Å²) in [5.41, 5.74) is 13.2. The highest BCUT2D eigenvalue weighted by atomic mass is 14.7. The predicted molar refractivity (Wildman–Crippen MR) is 75.0 cm³/mol. The fourth-order valence-corrected chi connectivity index (χ4v) is 2.84. The molecule has 1 saturated carbocycles. The van der Waals surface area contributed by atoms with Crippen LogP contribution in [0.15, 0.2) is 16.8 Å². The molecule has 1 fully saturated rings. The van der Waals surface area contributed by atoms with E-state index in [0.717, 1.165) is 6.42 Å². The summed E-state index contributed by atoms with van der Waals surface area (Å²) in [7, 11) is 0. The third-order valence-corrected chi connectivity index (χ3v) is 4.10. The minimum Gasteiger partial charge on any atom is -0.330 e. The minimum atomic E-state index is 0.0153. The lowest BCUT2D eigenvalue weighted by Gasteiger charge is -2.42. The molecule has 4 N–H and O–H groups in total. The van der Waals surface area contributed by atoms with Gasteiger partial charge in [-0.05, 0) is 37.7 Å². The standard InChI is InChI=1S/C14H27N3/c1-4-12-6-5-7-13(14(12,3)10-15)9-17-8-11(2)16/h8-9,11-12H,4-7,10,15-16H2,1-3H3/b13-9+,17-8?. The lowest BCUT2D eigenvalue weighted by atomic mass is 9.64. The van der Waals surface area contributed by atoms with Crippen LogP contribution in [0.1, 0.15) is 46.5 Å². The molecule has 98 valence electrons. The molecule has 0 aromatic heterocycles. The van der Waals surface area contributed by atoms with Gasteiger partial charge < -0.3 is 11.5 Å². The summed E-state index contributed by atoms with van der Waals surface area (Å²) < 4.78 is 0. The number of hydrogen-bond acceptors (Lipinski definition) is 3. The van der Waals surface area contributed by atoms with Crippen molar-refractivity contribution in [1.82, 2.24) is 0 Å². The van der Waals surface area contributed by atoms with E-state index in [4.69, 9.17) is 11.5 Å². The van der Waals surface area contributed by atoms with E-state index < -0.39 is 0 Å². The van der Waals surface area contributed by atoms with Crippen molar-refractivity contribution in [1.29, 1.82) is 0 Å². The molecule has 17 heavy (non-hydrogen) atoms. The molecule has 3 heteroatoms. The molecule has 0 bridgehead atoms. The van der Waals surface area contributed by atoms with Gasteiger partial charge in [0.25, 0.3) is 0 Å². The predicted octanol–water partition coefficient (Wildman–Crippen LogP) is 2.46. The van der Waals surface area contributed by atoms with Gasteiger partial charge in [-0.2, -0.15) is 0 Å². The Morgan fingerprint density at radius 2 is 2.29 bits per heavy atom. The minimum absolute atomic E-state index is 0.0153. The molecule has 0 heterocycles. The van der Waals surface area contributed by atoms with E-state index in [0.29, 0.717) is 12.5 Å². The molecule has 0 aliphatic heterocycles. The summed E-state index contributed by atoms with van der Waals surface area (Å²) in [5, 5.41) is 0. The van der Waals surface area contributed by atoms with E-state index >= 15 is 0 Å². The Balaban J connectivity index is 2.88. The van der Waals surface area contributed by atoms with Crippen LogP contribution in [0.4, 0.5) is 0 Å². The Hall–Kier alpha value is -0.670. The number of rotatable bonds is 4. The lowest BCUT2D eigenvalue weighted by molar-refractivity contribution is 0.185. The van der Waals surface area contributed by atoms with Gasteiger partial charge in [0, 0.05) is 30.4 Å². The van der Waals surface area contributed by atoms with Gasteiger partial charge in [0.05, 0.1) is 0 Å². The summed E-state index contributed by atoms with van der Waals surface area (Å²) in [4.78, 5) is 4.34. The molecule has 1 rings (SSSR count). The Labute approximate surface area is 105 Å². The monoisotopic (exact) mass is 237 g/mol. The first-order chi connectivity index (χ1) is 8.04. The number of nitrogens with zero attached hydrogens (tertiary/aromatic N) is 1. The van der Waals surface area contributed by atoms with Crippen LogP contribution < -0.4 is 11.5 Å². The van der Waals surface area contributed by atoms with Crippen molar-refractivity contribution in [3.05, 3.63) is 11.8 Å². The van der Waals surface area contributed by atoms with Gasteiger partial charge in [0.15, 0.2) is 0 Å². The summed E-state index contributed by atoms with van der Waals surface area (Å²) in [6, 6.07) is 0.0153. The van der Waals surface area contributed by atoms with Gasteiger partial charge in [0.1, 0.15) is 0 Å². The summed E-state index contributed by atoms with van der Waals surface area (Å²) in [5.74, 6) is 0.693. The molecular weight excluding hydrogens is 210 g/mol. The molecular formula is C14H27N3. The second-order valence-corrected chi connectivity index (χ2v) is 5.43. The third-order valence-electron chi connectivity index (χ3n) is 4.10. The molecule has 0 saturated heterocycles. The van der Waals surface area contributed by atoms with E-state index in [2.05, 4.69) is 18.8 Å². The first-order valence-electron chi connectivity index (χ1n) is 6.73. The topological polar surface area (TPSA) is 64.4 Å². The van der Waals surface area contributed by atoms with Crippen molar-refractivity contribution in [3.8, 4) is 0 Å². The fraction of sp³-hybridized carbons (Fsp3) is 0.786. The third kappa shape index (κ3) is 3.39. The van der Waals surface area contributed by atoms with E-state index in [1.54, 1.807) is 6.21 Å². The number of hydrogen-bond donors (Lipinski definition) is 2. The van der Waals surface area contributed by atoms with E-state index in [1.165, 1.54) is 24.8 Å². The summed E-state index contributed by atoms with van der Waals surface area (Å²) >= 11 is 0. The Bertz CT molecular complexity index is 294. The summed E-state index contributed by atoms with van der Waals surface area (Å²) in [6.45, 7) is 7.19. The first-order valence-corrected chi connectivity index (χ1v) is 6.73. The fourth-order valence-electron chi connectivity index (χ4n) is 2.84. The second-order valence-electron chi connectivity index (χ2n) is 5.43. The van der Waals surface area contributed by atoms with Crippen molar-refractivity contribution < 1.29 is 0 Å². The van der Waals surface area contributed by atoms with Crippen molar-refractivity contribution >= 4 is 6.21 Å². The van der Waals surface area contributed by atoms with Crippen LogP contribution in [-0.2, 0) is 0 Å². The highest BCUT2D eigenvalue weighted by Crippen LogP contribution is 2.45. The van der Waals surface area contributed by atoms with E-state index in [1.807, 2.05) is 13.1 Å². The van der Waals surface area contributed by atoms with Crippen LogP contribution in [0.3, 0.4) is 0 Å². The largest absolute Gasteiger partial charge is 0.330 e. The van der Waals surface area contributed by atoms with E-state index in [-0.39, 0.29) is 11.5 Å². The Morgan fingerprint density at radius 3 is 2.82 bits per heavy atom. The van der Waals surface area contributed by atoms with Gasteiger partial charge in [-0.3, -0.25) is 4.99 Å². The van der Waals surface area contributed by atoms with Crippen LogP contribution in [0.2, 0.25) is 0 Å². The van der Waals surface area contributed by atoms with Crippen molar-refractivity contribution in [2.75, 3.05) is 6.54 Å². The second kappa shape index (κ2) is 6.31. The smallest absolute Gasteiger partial charge is 0.0370 e. The highest BCUT2D eigenvalue weighted by molar-refractivity contribution is 5.64. The molecule has 1 aliphatic rings. The van der Waals surface area contributed by atoms with Gasteiger partial charge in [-0.15, -0.1) is 0 Å². The van der Waals surface area contributed by atoms with Gasteiger partial charge in [-0.1, -0.05) is 20.3 Å². The molecule has 0 radical (unpaired) electrons. The van der Waals surface area contributed by atoms with Crippen LogP contribution in [-0.4, -0.2) is 18.8 Å². The zero-order valence-corrected chi connectivity index (χ0v) is 11.4. The van der Waals surface area contributed by atoms with Crippen molar-refractivity contribution in [2.45, 2.75) is 52.5 Å². The molecule has 3 nitrogen and oxygen atoms in total. The normalized spacial score (nSPS) is 34.4. The zero-order chi connectivity index (χ0) is 12.9. The molecule has 3 atom stereocenters. The first kappa shape index (κ1) is 14.4. The molecule has 0 spiro atoms. The highest BCUT2D eigenvalue weighted by Gasteiger charge is 2.37. The van der Waals surface area contributed by atoms with Gasteiger partial charge >= 0.3 is 0 Å². The van der Waals surface area contributed by atoms with Gasteiger partial charge in [-0.25, -0.2) is 0 Å². The maximum absolute atomic E-state index is 6.01. The van der Waals surface area contributed by atoms with Crippen LogP contribution in [0.5, 0.6) is 0 Å². The molecule has 1 aliphatic carbocycles. The average Bonchev–Trinajstić information content (AvgIpc) is 2.31. The van der Waals surface area contributed by atoms with Crippen LogP contribution in [0, 0.1) is 11.3 Å². The number of aliphatic imine (C=N–C) groups is 1. The summed E-state index contributed by atoms with van der Waals surface area (Å²) in [6.07, 6.45) is 8.66. The van der Waals surface area contributed by atoms with Crippen LogP contribution in [0.25, 0.3) is 0 Å². The maximum atomic E-state index is 6.01. The zero-order valence-electron chi connectivity index (χ0n) is 11.4. The molecule has 0 amide bonds. The number of nitrogens with two attached hydrogens (primary N) is 2. The molecule has 0 aromatic rings. The SMILES string of the molecule is CCC1CCC/C(=C\N=CC(C)N)C1(C)CN. The quantitative estimate of drug-likeness (QED) is 0.738.